The maximum absolute atomic E-state index is 12.8. The Morgan fingerprint density at radius 1 is 1.25 bits per heavy atom. The second-order valence-electron chi connectivity index (χ2n) is 3.74. The van der Waals surface area contributed by atoms with Gasteiger partial charge in [0, 0.05) is 6.42 Å². The van der Waals surface area contributed by atoms with Crippen molar-refractivity contribution < 1.29 is 18.7 Å². The van der Waals surface area contributed by atoms with Crippen molar-refractivity contribution in [2.24, 2.45) is 0 Å². The number of aryl methyl sites for hydroxylation is 1. The highest BCUT2D eigenvalue weighted by atomic mass is 19.3. The van der Waals surface area contributed by atoms with E-state index in [-0.39, 0.29) is 0 Å². The van der Waals surface area contributed by atoms with E-state index in [2.05, 4.69) is 0 Å². The summed E-state index contributed by atoms with van der Waals surface area (Å²) in [5.41, 5.74) is 1.36. The first-order valence-corrected chi connectivity index (χ1v) is 5.13. The number of carboxylic acids is 1. The number of rotatable bonds is 5. The van der Waals surface area contributed by atoms with Crippen LogP contribution in [0.5, 0.6) is 0 Å². The summed E-state index contributed by atoms with van der Waals surface area (Å²) in [6, 6.07) is 6.54. The molecule has 0 aliphatic rings. The molecule has 2 nitrogen and oxygen atoms in total. The van der Waals surface area contributed by atoms with Crippen molar-refractivity contribution in [2.75, 3.05) is 0 Å². The highest BCUT2D eigenvalue weighted by Crippen LogP contribution is 2.19. The van der Waals surface area contributed by atoms with Gasteiger partial charge in [-0.15, -0.1) is 0 Å². The number of carboxylic acid groups (broad SMARTS) is 1. The molecule has 0 heterocycles. The van der Waals surface area contributed by atoms with Crippen LogP contribution in [0.2, 0.25) is 0 Å². The highest BCUT2D eigenvalue weighted by Gasteiger charge is 2.30. The van der Waals surface area contributed by atoms with Gasteiger partial charge in [-0.05, 0) is 17.5 Å². The average Bonchev–Trinajstić information content (AvgIpc) is 2.21. The van der Waals surface area contributed by atoms with Crippen molar-refractivity contribution in [3.05, 3.63) is 35.4 Å². The largest absolute Gasteiger partial charge is 0.544 e. The van der Waals surface area contributed by atoms with Crippen molar-refractivity contribution in [2.45, 2.75) is 32.1 Å². The van der Waals surface area contributed by atoms with Crippen LogP contribution in [0.25, 0.3) is 0 Å². The van der Waals surface area contributed by atoms with Crippen molar-refractivity contribution in [1.29, 1.82) is 0 Å². The molecular weight excluding hydrogens is 214 g/mol. The predicted octanol–water partition coefficient (Wildman–Crippen LogP) is 1.57. The van der Waals surface area contributed by atoms with E-state index in [0.29, 0.717) is 5.56 Å². The minimum Gasteiger partial charge on any atom is -0.544 e. The maximum atomic E-state index is 12.8. The van der Waals surface area contributed by atoms with Gasteiger partial charge in [0.1, 0.15) is 5.97 Å². The fourth-order valence-corrected chi connectivity index (χ4v) is 1.44. The first kappa shape index (κ1) is 12.6. The monoisotopic (exact) mass is 227 g/mol. The van der Waals surface area contributed by atoms with E-state index in [4.69, 9.17) is 0 Å². The second-order valence-corrected chi connectivity index (χ2v) is 3.74. The molecule has 0 bridgehead atoms. The van der Waals surface area contributed by atoms with Crippen LogP contribution in [0.3, 0.4) is 0 Å². The Bertz CT molecular complexity index is 358. The first-order valence-electron chi connectivity index (χ1n) is 5.13. The molecule has 0 aromatic heterocycles. The van der Waals surface area contributed by atoms with E-state index in [9.17, 15) is 18.7 Å². The molecule has 0 unspecified atom stereocenters. The number of carbonyl (C=O) groups is 1. The molecule has 4 heteroatoms. The number of aliphatic carboxylic acids is 1. The first-order chi connectivity index (χ1) is 7.45. The van der Waals surface area contributed by atoms with Crippen molar-refractivity contribution in [3.8, 4) is 0 Å². The minimum absolute atomic E-state index is 0.300. The summed E-state index contributed by atoms with van der Waals surface area (Å²) >= 11 is 0. The Labute approximate surface area is 92.9 Å². The van der Waals surface area contributed by atoms with E-state index < -0.39 is 18.3 Å². The minimum atomic E-state index is -3.80. The van der Waals surface area contributed by atoms with E-state index in [1.807, 2.05) is 6.92 Å². The summed E-state index contributed by atoms with van der Waals surface area (Å²) in [5.74, 6) is -6.13. The third kappa shape index (κ3) is 3.29. The number of hydrogen-bond donors (Lipinski definition) is 0. The quantitative estimate of drug-likeness (QED) is 0.766. The van der Waals surface area contributed by atoms with E-state index in [1.165, 1.54) is 12.1 Å². The zero-order valence-corrected chi connectivity index (χ0v) is 9.00. The third-order valence-corrected chi connectivity index (χ3v) is 2.29. The molecular formula is C12H13F2O2-. The Hall–Kier alpha value is -1.45. The van der Waals surface area contributed by atoms with Gasteiger partial charge < -0.3 is 9.90 Å². The zero-order valence-electron chi connectivity index (χ0n) is 9.00. The third-order valence-electron chi connectivity index (χ3n) is 2.29. The molecule has 0 saturated carbocycles. The fourth-order valence-electron chi connectivity index (χ4n) is 1.44. The number of halogens is 2. The fraction of sp³-hybridized carbons (Fsp3) is 0.417. The number of carbonyl (C=O) groups excluding carboxylic acids is 1. The molecule has 0 amide bonds. The van der Waals surface area contributed by atoms with Crippen molar-refractivity contribution in [1.82, 2.24) is 0 Å². The average molecular weight is 227 g/mol. The summed E-state index contributed by atoms with van der Waals surface area (Å²) in [4.78, 5) is 10.1. The van der Waals surface area contributed by atoms with Crippen molar-refractivity contribution >= 4 is 5.97 Å². The highest BCUT2D eigenvalue weighted by molar-refractivity contribution is 5.73. The lowest BCUT2D eigenvalue weighted by molar-refractivity contribution is -0.329. The number of alkyl halides is 2. The van der Waals surface area contributed by atoms with E-state index in [1.54, 1.807) is 12.1 Å². The molecule has 0 radical (unpaired) electrons. The van der Waals surface area contributed by atoms with Gasteiger partial charge in [-0.1, -0.05) is 37.6 Å². The number of hydrogen-bond acceptors (Lipinski definition) is 2. The lowest BCUT2D eigenvalue weighted by Gasteiger charge is -2.17. The van der Waals surface area contributed by atoms with Crippen LogP contribution in [-0.2, 0) is 17.6 Å². The molecule has 0 atom stereocenters. The van der Waals surface area contributed by atoms with Crippen molar-refractivity contribution in [3.63, 3.8) is 0 Å². The van der Waals surface area contributed by atoms with Gasteiger partial charge in [0.25, 0.3) is 5.92 Å². The number of benzene rings is 1. The molecule has 88 valence electrons. The van der Waals surface area contributed by atoms with Gasteiger partial charge in [-0.3, -0.25) is 0 Å². The Morgan fingerprint density at radius 2 is 1.75 bits per heavy atom. The molecule has 0 saturated heterocycles. The molecule has 16 heavy (non-hydrogen) atoms. The molecule has 0 N–H and O–H groups in total. The van der Waals surface area contributed by atoms with Crippen LogP contribution in [0.15, 0.2) is 24.3 Å². The molecule has 0 aliphatic carbocycles. The predicted molar refractivity (Wildman–Crippen MR) is 54.1 cm³/mol. The normalized spacial score (nSPS) is 11.4. The van der Waals surface area contributed by atoms with Gasteiger partial charge in [0.05, 0.1) is 0 Å². The summed E-state index contributed by atoms with van der Waals surface area (Å²) < 4.78 is 25.6. The standard InChI is InChI=1S/C12H14F2O2/c1-2-3-9-4-6-10(7-5-9)8-12(13,14)11(15)16/h4-7H,2-3,8H2,1H3,(H,15,16)/p-1. The summed E-state index contributed by atoms with van der Waals surface area (Å²) in [7, 11) is 0. The van der Waals surface area contributed by atoms with Crippen LogP contribution in [0, 0.1) is 0 Å². The van der Waals surface area contributed by atoms with Gasteiger partial charge in [-0.25, -0.2) is 0 Å². The van der Waals surface area contributed by atoms with Crippen LogP contribution < -0.4 is 5.11 Å². The van der Waals surface area contributed by atoms with Gasteiger partial charge in [-0.2, -0.15) is 8.78 Å². The Balaban J connectivity index is 2.72. The lowest BCUT2D eigenvalue weighted by atomic mass is 10.0. The Kier molecular flexibility index (Phi) is 3.99. The SMILES string of the molecule is CCCc1ccc(CC(F)(F)C(=O)[O-])cc1. The van der Waals surface area contributed by atoms with Gasteiger partial charge in [0.2, 0.25) is 0 Å². The summed E-state index contributed by atoms with van der Waals surface area (Å²) in [6.45, 7) is 2.03. The summed E-state index contributed by atoms with van der Waals surface area (Å²) in [6.07, 6.45) is 1.05. The van der Waals surface area contributed by atoms with Gasteiger partial charge >= 0.3 is 0 Å². The molecule has 0 spiro atoms. The van der Waals surface area contributed by atoms with Gasteiger partial charge in [0.15, 0.2) is 0 Å². The van der Waals surface area contributed by atoms with E-state index >= 15 is 0 Å². The van der Waals surface area contributed by atoms with Crippen LogP contribution in [0.4, 0.5) is 8.78 Å². The molecule has 0 aliphatic heterocycles. The zero-order chi connectivity index (χ0) is 12.2. The molecule has 1 rings (SSSR count). The topological polar surface area (TPSA) is 40.1 Å². The second kappa shape index (κ2) is 5.05. The maximum Gasteiger partial charge on any atom is 0.291 e. The molecule has 0 fully saturated rings. The van der Waals surface area contributed by atoms with Crippen LogP contribution >= 0.6 is 0 Å². The van der Waals surface area contributed by atoms with E-state index in [0.717, 1.165) is 18.4 Å². The molecule has 1 aromatic rings. The van der Waals surface area contributed by atoms with Crippen LogP contribution in [-0.4, -0.2) is 11.9 Å². The molecule has 1 aromatic carbocycles. The van der Waals surface area contributed by atoms with Crippen LogP contribution in [0.1, 0.15) is 24.5 Å². The lowest BCUT2D eigenvalue weighted by Crippen LogP contribution is -2.42. The Morgan fingerprint density at radius 3 is 2.19 bits per heavy atom. The summed E-state index contributed by atoms with van der Waals surface area (Å²) in [5, 5.41) is 10.1. The smallest absolute Gasteiger partial charge is 0.291 e.